The van der Waals surface area contributed by atoms with Crippen LogP contribution in [0.3, 0.4) is 0 Å². The van der Waals surface area contributed by atoms with Gasteiger partial charge in [0.25, 0.3) is 0 Å². The summed E-state index contributed by atoms with van der Waals surface area (Å²) in [4.78, 5) is 18.5. The molecule has 1 N–H and O–H groups in total. The molecule has 3 heterocycles. The van der Waals surface area contributed by atoms with E-state index in [0.717, 1.165) is 42.2 Å². The summed E-state index contributed by atoms with van der Waals surface area (Å²) in [6.45, 7) is 1.66. The third kappa shape index (κ3) is 2.49. The SMILES string of the molecule is N#Cc1ccc2nc([C@@H]3CCN(c4nccnc4Cl)C3)[nH]c2c1. The molecule has 0 amide bonds. The monoisotopic (exact) mass is 324 g/mol. The molecule has 0 radical (unpaired) electrons. The van der Waals surface area contributed by atoms with Gasteiger partial charge in [0.1, 0.15) is 5.82 Å². The minimum absolute atomic E-state index is 0.283. The van der Waals surface area contributed by atoms with E-state index in [1.807, 2.05) is 12.1 Å². The number of nitrogens with zero attached hydrogens (tertiary/aromatic N) is 5. The van der Waals surface area contributed by atoms with E-state index in [4.69, 9.17) is 16.9 Å². The molecule has 1 aromatic carbocycles. The first-order chi connectivity index (χ1) is 11.2. The van der Waals surface area contributed by atoms with Crippen LogP contribution in [0.5, 0.6) is 0 Å². The fourth-order valence-electron chi connectivity index (χ4n) is 2.99. The molecule has 1 fully saturated rings. The van der Waals surface area contributed by atoms with Crippen molar-refractivity contribution in [2.45, 2.75) is 12.3 Å². The zero-order chi connectivity index (χ0) is 15.8. The standard InChI is InChI=1S/C16H13ClN6/c17-14-16(20-5-4-19-14)23-6-3-11(9-23)15-21-12-2-1-10(8-18)7-13(12)22-15/h1-2,4-5,7,11H,3,6,9H2,(H,21,22)/t11-/m1/s1. The second kappa shape index (κ2) is 5.52. The third-order valence-corrected chi connectivity index (χ3v) is 4.41. The minimum atomic E-state index is 0.283. The Labute approximate surface area is 137 Å². The van der Waals surface area contributed by atoms with E-state index in [0.29, 0.717) is 10.7 Å². The van der Waals surface area contributed by atoms with Crippen LogP contribution in [0.2, 0.25) is 5.15 Å². The summed E-state index contributed by atoms with van der Waals surface area (Å²) in [6.07, 6.45) is 4.21. The predicted octanol–water partition coefficient (Wildman–Crippen LogP) is 2.87. The first kappa shape index (κ1) is 14.0. The molecular formula is C16H13ClN6. The topological polar surface area (TPSA) is 81.5 Å². The normalized spacial score (nSPS) is 17.6. The highest BCUT2D eigenvalue weighted by Gasteiger charge is 2.28. The van der Waals surface area contributed by atoms with E-state index < -0.39 is 0 Å². The van der Waals surface area contributed by atoms with Gasteiger partial charge in [-0.15, -0.1) is 0 Å². The second-order valence-electron chi connectivity index (χ2n) is 5.57. The van der Waals surface area contributed by atoms with E-state index in [9.17, 15) is 0 Å². The molecule has 7 heteroatoms. The minimum Gasteiger partial charge on any atom is -0.353 e. The molecule has 0 bridgehead atoms. The van der Waals surface area contributed by atoms with E-state index in [-0.39, 0.29) is 5.92 Å². The number of fused-ring (bicyclic) bond motifs is 1. The smallest absolute Gasteiger partial charge is 0.171 e. The summed E-state index contributed by atoms with van der Waals surface area (Å²) < 4.78 is 0. The van der Waals surface area contributed by atoms with Crippen molar-refractivity contribution >= 4 is 28.5 Å². The van der Waals surface area contributed by atoms with Crippen LogP contribution in [-0.2, 0) is 0 Å². The number of nitriles is 1. The molecule has 1 saturated heterocycles. The number of imidazole rings is 1. The number of benzene rings is 1. The number of hydrogen-bond acceptors (Lipinski definition) is 5. The molecule has 23 heavy (non-hydrogen) atoms. The summed E-state index contributed by atoms with van der Waals surface area (Å²) in [6, 6.07) is 7.64. The molecule has 6 nitrogen and oxygen atoms in total. The summed E-state index contributed by atoms with van der Waals surface area (Å²) >= 11 is 6.13. The molecule has 1 aliphatic rings. The van der Waals surface area contributed by atoms with Gasteiger partial charge in [-0.1, -0.05) is 11.6 Å². The highest BCUT2D eigenvalue weighted by atomic mass is 35.5. The Bertz CT molecular complexity index is 912. The third-order valence-electron chi connectivity index (χ3n) is 4.14. The molecule has 1 aliphatic heterocycles. The van der Waals surface area contributed by atoms with Crippen LogP contribution in [-0.4, -0.2) is 33.0 Å². The number of anilines is 1. The van der Waals surface area contributed by atoms with E-state index >= 15 is 0 Å². The summed E-state index contributed by atoms with van der Waals surface area (Å²) in [5, 5.41) is 9.41. The zero-order valence-corrected chi connectivity index (χ0v) is 13.0. The van der Waals surface area contributed by atoms with Gasteiger partial charge >= 0.3 is 0 Å². The molecule has 0 saturated carbocycles. The largest absolute Gasteiger partial charge is 0.353 e. The van der Waals surface area contributed by atoms with Gasteiger partial charge in [-0.2, -0.15) is 5.26 Å². The number of aromatic amines is 1. The fourth-order valence-corrected chi connectivity index (χ4v) is 3.22. The Balaban J connectivity index is 1.60. The van der Waals surface area contributed by atoms with Crippen LogP contribution in [0.4, 0.5) is 5.82 Å². The van der Waals surface area contributed by atoms with Crippen LogP contribution in [0, 0.1) is 11.3 Å². The van der Waals surface area contributed by atoms with Crippen molar-refractivity contribution in [3.63, 3.8) is 0 Å². The molecule has 0 spiro atoms. The number of nitrogens with one attached hydrogen (secondary N) is 1. The molecule has 1 atom stereocenters. The van der Waals surface area contributed by atoms with E-state index in [1.54, 1.807) is 18.5 Å². The maximum atomic E-state index is 8.99. The number of halogens is 1. The van der Waals surface area contributed by atoms with Crippen LogP contribution in [0.25, 0.3) is 11.0 Å². The van der Waals surface area contributed by atoms with Crippen LogP contribution in [0.1, 0.15) is 23.7 Å². The average Bonchev–Trinajstić information content (AvgIpc) is 3.21. The van der Waals surface area contributed by atoms with Crippen molar-refractivity contribution in [3.05, 3.63) is 47.1 Å². The molecule has 114 valence electrons. The summed E-state index contributed by atoms with van der Waals surface area (Å²) in [5.74, 6) is 1.95. The zero-order valence-electron chi connectivity index (χ0n) is 12.2. The number of aromatic nitrogens is 4. The molecule has 0 unspecified atom stereocenters. The molecule has 2 aromatic heterocycles. The Morgan fingerprint density at radius 1 is 1.30 bits per heavy atom. The van der Waals surface area contributed by atoms with Gasteiger partial charge in [-0.3, -0.25) is 0 Å². The quantitative estimate of drug-likeness (QED) is 0.783. The summed E-state index contributed by atoms with van der Waals surface area (Å²) in [5.41, 5.74) is 2.41. The average molecular weight is 325 g/mol. The van der Waals surface area contributed by atoms with Gasteiger partial charge in [-0.05, 0) is 24.6 Å². The number of hydrogen-bond donors (Lipinski definition) is 1. The Morgan fingerprint density at radius 3 is 3.00 bits per heavy atom. The molecule has 4 rings (SSSR count). The maximum Gasteiger partial charge on any atom is 0.171 e. The Hall–Kier alpha value is -2.65. The van der Waals surface area contributed by atoms with E-state index in [1.165, 1.54) is 0 Å². The Morgan fingerprint density at radius 2 is 2.17 bits per heavy atom. The second-order valence-corrected chi connectivity index (χ2v) is 5.93. The van der Waals surface area contributed by atoms with Gasteiger partial charge in [0, 0.05) is 31.4 Å². The van der Waals surface area contributed by atoms with Gasteiger partial charge in [-0.25, -0.2) is 15.0 Å². The van der Waals surface area contributed by atoms with Crippen molar-refractivity contribution in [1.82, 2.24) is 19.9 Å². The molecule has 0 aliphatic carbocycles. The molecule has 3 aromatic rings. The van der Waals surface area contributed by atoms with E-state index in [2.05, 4.69) is 30.9 Å². The van der Waals surface area contributed by atoms with Crippen molar-refractivity contribution < 1.29 is 0 Å². The maximum absolute atomic E-state index is 8.99. The fraction of sp³-hybridized carbons (Fsp3) is 0.250. The van der Waals surface area contributed by atoms with Crippen molar-refractivity contribution in [1.29, 1.82) is 5.26 Å². The number of H-pyrrole nitrogens is 1. The molecular weight excluding hydrogens is 312 g/mol. The lowest BCUT2D eigenvalue weighted by Crippen LogP contribution is -2.21. The van der Waals surface area contributed by atoms with Gasteiger partial charge in [0.2, 0.25) is 0 Å². The Kier molecular flexibility index (Phi) is 3.36. The number of rotatable bonds is 2. The van der Waals surface area contributed by atoms with Crippen molar-refractivity contribution in [2.24, 2.45) is 0 Å². The summed E-state index contributed by atoms with van der Waals surface area (Å²) in [7, 11) is 0. The lowest BCUT2D eigenvalue weighted by molar-refractivity contribution is 0.725. The highest BCUT2D eigenvalue weighted by Crippen LogP contribution is 2.31. The predicted molar refractivity (Wildman–Crippen MR) is 87.4 cm³/mol. The first-order valence-corrected chi connectivity index (χ1v) is 7.73. The first-order valence-electron chi connectivity index (χ1n) is 7.36. The lowest BCUT2D eigenvalue weighted by Gasteiger charge is -2.17. The van der Waals surface area contributed by atoms with Gasteiger partial charge in [0.15, 0.2) is 11.0 Å². The van der Waals surface area contributed by atoms with Crippen molar-refractivity contribution in [3.8, 4) is 6.07 Å². The van der Waals surface area contributed by atoms with Crippen LogP contribution >= 0.6 is 11.6 Å². The van der Waals surface area contributed by atoms with Gasteiger partial charge in [0.05, 0.1) is 22.7 Å². The van der Waals surface area contributed by atoms with Crippen LogP contribution in [0.15, 0.2) is 30.6 Å². The lowest BCUT2D eigenvalue weighted by atomic mass is 10.1. The van der Waals surface area contributed by atoms with Crippen LogP contribution < -0.4 is 4.90 Å². The highest BCUT2D eigenvalue weighted by molar-refractivity contribution is 6.31. The van der Waals surface area contributed by atoms with Gasteiger partial charge < -0.3 is 9.88 Å². The van der Waals surface area contributed by atoms with Crippen molar-refractivity contribution in [2.75, 3.05) is 18.0 Å².